The fourth-order valence-electron chi connectivity index (χ4n) is 1.47. The second kappa shape index (κ2) is 6.31. The lowest BCUT2D eigenvalue weighted by molar-refractivity contribution is -0.0116. The van der Waals surface area contributed by atoms with Gasteiger partial charge in [0.1, 0.15) is 0 Å². The van der Waals surface area contributed by atoms with E-state index < -0.39 is 6.10 Å². The van der Waals surface area contributed by atoms with Gasteiger partial charge in [-0.2, -0.15) is 0 Å². The molecule has 84 valence electrons. The van der Waals surface area contributed by atoms with E-state index in [0.29, 0.717) is 26.4 Å². The molecule has 0 aromatic rings. The highest BCUT2D eigenvalue weighted by molar-refractivity contribution is 4.83. The minimum atomic E-state index is -0.417. The molecule has 1 atom stereocenters. The van der Waals surface area contributed by atoms with Gasteiger partial charge >= 0.3 is 0 Å². The van der Waals surface area contributed by atoms with E-state index in [4.69, 9.17) is 15.2 Å². The van der Waals surface area contributed by atoms with E-state index in [0.717, 1.165) is 13.1 Å². The number of aliphatic hydroxyl groups is 1. The van der Waals surface area contributed by atoms with Crippen molar-refractivity contribution in [3.63, 3.8) is 0 Å². The number of likely N-dealkylation sites (tertiary alicyclic amines) is 1. The predicted molar refractivity (Wildman–Crippen MR) is 53.1 cm³/mol. The van der Waals surface area contributed by atoms with Crippen LogP contribution in [-0.4, -0.2) is 68.7 Å². The number of hydrogen-bond acceptors (Lipinski definition) is 5. The van der Waals surface area contributed by atoms with Crippen LogP contribution in [0.5, 0.6) is 0 Å². The van der Waals surface area contributed by atoms with Gasteiger partial charge in [-0.15, -0.1) is 0 Å². The summed E-state index contributed by atoms with van der Waals surface area (Å²) in [5, 5.41) is 9.52. The third-order valence-electron chi connectivity index (χ3n) is 2.20. The van der Waals surface area contributed by atoms with Crippen LogP contribution in [0.25, 0.3) is 0 Å². The molecule has 5 heteroatoms. The van der Waals surface area contributed by atoms with Crippen molar-refractivity contribution in [3.05, 3.63) is 0 Å². The first-order valence-corrected chi connectivity index (χ1v) is 4.95. The van der Waals surface area contributed by atoms with E-state index in [9.17, 15) is 5.11 Å². The summed E-state index contributed by atoms with van der Waals surface area (Å²) in [4.78, 5) is 2.12. The quantitative estimate of drug-likeness (QED) is 0.502. The van der Waals surface area contributed by atoms with E-state index >= 15 is 0 Å². The Kier molecular flexibility index (Phi) is 5.36. The summed E-state index contributed by atoms with van der Waals surface area (Å²) >= 11 is 0. The summed E-state index contributed by atoms with van der Waals surface area (Å²) < 4.78 is 10.0. The van der Waals surface area contributed by atoms with E-state index in [1.165, 1.54) is 0 Å². The lowest BCUT2D eigenvalue weighted by atomic mass is 10.1. The SMILES string of the molecule is COCCOCC(O)CN1CC(N)C1. The minimum absolute atomic E-state index is 0.289. The zero-order chi connectivity index (χ0) is 10.4. The second-order valence-corrected chi connectivity index (χ2v) is 3.70. The smallest absolute Gasteiger partial charge is 0.0900 e. The van der Waals surface area contributed by atoms with Crippen molar-refractivity contribution in [2.75, 3.05) is 46.6 Å². The van der Waals surface area contributed by atoms with Crippen molar-refractivity contribution in [1.29, 1.82) is 0 Å². The molecule has 1 unspecified atom stereocenters. The van der Waals surface area contributed by atoms with Gasteiger partial charge in [0.05, 0.1) is 25.9 Å². The van der Waals surface area contributed by atoms with Crippen LogP contribution in [-0.2, 0) is 9.47 Å². The van der Waals surface area contributed by atoms with Crippen LogP contribution >= 0.6 is 0 Å². The lowest BCUT2D eigenvalue weighted by Gasteiger charge is -2.37. The molecule has 0 aromatic heterocycles. The summed E-state index contributed by atoms with van der Waals surface area (Å²) in [5.74, 6) is 0. The van der Waals surface area contributed by atoms with Crippen LogP contribution in [0.15, 0.2) is 0 Å². The van der Waals surface area contributed by atoms with Crippen molar-refractivity contribution >= 4 is 0 Å². The van der Waals surface area contributed by atoms with Crippen molar-refractivity contribution in [1.82, 2.24) is 4.90 Å². The molecule has 0 bridgehead atoms. The fourth-order valence-corrected chi connectivity index (χ4v) is 1.47. The first-order chi connectivity index (χ1) is 6.72. The molecule has 1 aliphatic heterocycles. The summed E-state index contributed by atoms with van der Waals surface area (Å²) in [7, 11) is 1.63. The number of β-amino-alcohol motifs (C(OH)–C–C–N with tert-alkyl or cyclic N) is 1. The molecule has 3 N–H and O–H groups in total. The number of nitrogens with zero attached hydrogens (tertiary/aromatic N) is 1. The molecule has 1 fully saturated rings. The van der Waals surface area contributed by atoms with Gasteiger partial charge in [-0.05, 0) is 0 Å². The highest BCUT2D eigenvalue weighted by atomic mass is 16.5. The Balaban J connectivity index is 1.91. The standard InChI is InChI=1S/C9H20N2O3/c1-13-2-3-14-7-9(12)6-11-4-8(10)5-11/h8-9,12H,2-7,10H2,1H3. The van der Waals surface area contributed by atoms with E-state index in [2.05, 4.69) is 4.90 Å². The largest absolute Gasteiger partial charge is 0.389 e. The highest BCUT2D eigenvalue weighted by Crippen LogP contribution is 2.05. The average molecular weight is 204 g/mol. The number of nitrogens with two attached hydrogens (primary N) is 1. The molecule has 0 saturated carbocycles. The molecule has 0 amide bonds. The van der Waals surface area contributed by atoms with Gasteiger partial charge in [0.15, 0.2) is 0 Å². The molecule has 1 rings (SSSR count). The summed E-state index contributed by atoms with van der Waals surface area (Å²) in [6.07, 6.45) is -0.417. The number of rotatable bonds is 7. The zero-order valence-electron chi connectivity index (χ0n) is 8.69. The number of hydrogen-bond donors (Lipinski definition) is 2. The maximum absolute atomic E-state index is 9.52. The Hall–Kier alpha value is -0.200. The minimum Gasteiger partial charge on any atom is -0.389 e. The monoisotopic (exact) mass is 204 g/mol. The number of methoxy groups -OCH3 is 1. The van der Waals surface area contributed by atoms with Gasteiger partial charge in [-0.3, -0.25) is 4.90 Å². The molecule has 1 heterocycles. The van der Waals surface area contributed by atoms with Crippen LogP contribution in [0.2, 0.25) is 0 Å². The molecule has 5 nitrogen and oxygen atoms in total. The molecular weight excluding hydrogens is 184 g/mol. The molecule has 1 aliphatic rings. The molecular formula is C9H20N2O3. The Morgan fingerprint density at radius 1 is 1.50 bits per heavy atom. The van der Waals surface area contributed by atoms with Gasteiger partial charge in [0.2, 0.25) is 0 Å². The van der Waals surface area contributed by atoms with Gasteiger partial charge in [0, 0.05) is 32.8 Å². The highest BCUT2D eigenvalue weighted by Gasteiger charge is 2.24. The Morgan fingerprint density at radius 2 is 2.21 bits per heavy atom. The summed E-state index contributed by atoms with van der Waals surface area (Å²) in [6.45, 7) is 3.90. The molecule has 0 spiro atoms. The zero-order valence-corrected chi connectivity index (χ0v) is 8.69. The lowest BCUT2D eigenvalue weighted by Crippen LogP contribution is -2.57. The van der Waals surface area contributed by atoms with Crippen molar-refractivity contribution < 1.29 is 14.6 Å². The average Bonchev–Trinajstić information content (AvgIpc) is 2.10. The molecule has 14 heavy (non-hydrogen) atoms. The molecule has 0 radical (unpaired) electrons. The van der Waals surface area contributed by atoms with Crippen LogP contribution in [0, 0.1) is 0 Å². The molecule has 0 aromatic carbocycles. The number of ether oxygens (including phenoxy) is 2. The number of aliphatic hydroxyl groups excluding tert-OH is 1. The summed E-state index contributed by atoms with van der Waals surface area (Å²) in [6, 6.07) is 0.289. The maximum atomic E-state index is 9.52. The van der Waals surface area contributed by atoms with Crippen LogP contribution < -0.4 is 5.73 Å². The third kappa shape index (κ3) is 4.34. The van der Waals surface area contributed by atoms with Gasteiger partial charge in [0.25, 0.3) is 0 Å². The molecule has 1 saturated heterocycles. The normalized spacial score (nSPS) is 20.8. The first kappa shape index (κ1) is 11.9. The third-order valence-corrected chi connectivity index (χ3v) is 2.20. The van der Waals surface area contributed by atoms with Crippen molar-refractivity contribution in [2.45, 2.75) is 12.1 Å². The Bertz CT molecular complexity index is 151. The predicted octanol–water partition coefficient (Wildman–Crippen LogP) is -1.35. The van der Waals surface area contributed by atoms with Crippen LogP contribution in [0.3, 0.4) is 0 Å². The first-order valence-electron chi connectivity index (χ1n) is 4.95. The second-order valence-electron chi connectivity index (χ2n) is 3.70. The maximum Gasteiger partial charge on any atom is 0.0900 e. The van der Waals surface area contributed by atoms with Crippen LogP contribution in [0.4, 0.5) is 0 Å². The van der Waals surface area contributed by atoms with Gasteiger partial charge < -0.3 is 20.3 Å². The Labute approximate surface area is 84.8 Å². The van der Waals surface area contributed by atoms with E-state index in [-0.39, 0.29) is 6.04 Å². The van der Waals surface area contributed by atoms with Gasteiger partial charge in [-0.1, -0.05) is 0 Å². The van der Waals surface area contributed by atoms with E-state index in [1.54, 1.807) is 7.11 Å². The van der Waals surface area contributed by atoms with Gasteiger partial charge in [-0.25, -0.2) is 0 Å². The molecule has 0 aliphatic carbocycles. The summed E-state index contributed by atoms with van der Waals surface area (Å²) in [5.41, 5.74) is 5.61. The van der Waals surface area contributed by atoms with Crippen molar-refractivity contribution in [3.8, 4) is 0 Å². The van der Waals surface area contributed by atoms with E-state index in [1.807, 2.05) is 0 Å². The fraction of sp³-hybridized carbons (Fsp3) is 1.00. The van der Waals surface area contributed by atoms with Crippen LogP contribution in [0.1, 0.15) is 0 Å². The van der Waals surface area contributed by atoms with Crippen molar-refractivity contribution in [2.24, 2.45) is 5.73 Å². The Morgan fingerprint density at radius 3 is 2.79 bits per heavy atom. The topological polar surface area (TPSA) is 68.0 Å².